The third kappa shape index (κ3) is 3.51. The van der Waals surface area contributed by atoms with E-state index in [1.807, 2.05) is 0 Å². The summed E-state index contributed by atoms with van der Waals surface area (Å²) in [6.45, 7) is 2.40. The van der Waals surface area contributed by atoms with Gasteiger partial charge in [-0.25, -0.2) is 0 Å². The second kappa shape index (κ2) is 8.41. The molecule has 0 aromatic heterocycles. The molecule has 4 fully saturated rings. The first-order valence-electron chi connectivity index (χ1n) is 10.3. The Morgan fingerprint density at radius 2 is 1.64 bits per heavy atom. The standard InChI is InChI=1S/C19H33NO8/c1-8-13(21)14(22)15(23)19(27-8)28-11-5-4-9-12(17(11)25-3)20-18-10(6-7-26-18)16(9)24-2/h8-23H,4-7H2,1-3H3/p+1/t8-,9?,10?,11?,12?,13+,14+,15+,16?,17?,18?,19-/m0/s1. The van der Waals surface area contributed by atoms with E-state index >= 15 is 0 Å². The van der Waals surface area contributed by atoms with Gasteiger partial charge in [0.1, 0.15) is 30.5 Å². The van der Waals surface area contributed by atoms with Crippen LogP contribution >= 0.6 is 0 Å². The van der Waals surface area contributed by atoms with E-state index in [9.17, 15) is 15.3 Å². The summed E-state index contributed by atoms with van der Waals surface area (Å²) >= 11 is 0. The number of methoxy groups -OCH3 is 2. The van der Waals surface area contributed by atoms with Crippen molar-refractivity contribution in [3.63, 3.8) is 0 Å². The Hall–Kier alpha value is -0.360. The van der Waals surface area contributed by atoms with E-state index in [-0.39, 0.29) is 30.6 Å². The fourth-order valence-corrected chi connectivity index (χ4v) is 5.66. The second-order valence-corrected chi connectivity index (χ2v) is 8.56. The third-order valence-corrected chi connectivity index (χ3v) is 7.13. The van der Waals surface area contributed by atoms with Crippen LogP contribution in [0.4, 0.5) is 0 Å². The maximum Gasteiger partial charge on any atom is 0.195 e. The van der Waals surface area contributed by atoms with Crippen LogP contribution < -0.4 is 5.32 Å². The smallest absolute Gasteiger partial charge is 0.195 e. The van der Waals surface area contributed by atoms with Crippen molar-refractivity contribution in [1.29, 1.82) is 0 Å². The van der Waals surface area contributed by atoms with Crippen LogP contribution in [-0.2, 0) is 23.7 Å². The molecule has 0 aromatic carbocycles. The molecule has 9 heteroatoms. The molecule has 0 bridgehead atoms. The summed E-state index contributed by atoms with van der Waals surface area (Å²) in [7, 11) is 3.44. The lowest BCUT2D eigenvalue weighted by Crippen LogP contribution is -3.03. The first kappa shape index (κ1) is 20.9. The van der Waals surface area contributed by atoms with Crippen LogP contribution in [0.2, 0.25) is 0 Å². The Morgan fingerprint density at radius 1 is 0.893 bits per heavy atom. The number of rotatable bonds is 4. The minimum atomic E-state index is -1.31. The van der Waals surface area contributed by atoms with Crippen LogP contribution in [0.15, 0.2) is 0 Å². The molecule has 4 aliphatic rings. The highest BCUT2D eigenvalue weighted by Crippen LogP contribution is 2.40. The summed E-state index contributed by atoms with van der Waals surface area (Å²) in [6, 6.07) is 0.113. The van der Waals surface area contributed by atoms with Gasteiger partial charge in [-0.3, -0.25) is 0 Å². The van der Waals surface area contributed by atoms with E-state index in [1.165, 1.54) is 0 Å². The van der Waals surface area contributed by atoms with Crippen molar-refractivity contribution in [3.05, 3.63) is 0 Å². The number of fused-ring (bicyclic) bond motifs is 2. The summed E-state index contributed by atoms with van der Waals surface area (Å²) < 4.78 is 29.4. The Kier molecular flexibility index (Phi) is 6.27. The van der Waals surface area contributed by atoms with Gasteiger partial charge in [0.2, 0.25) is 0 Å². The minimum absolute atomic E-state index is 0.0658. The molecule has 9 nitrogen and oxygen atoms in total. The molecular formula is C19H34NO8+. The molecule has 3 aliphatic heterocycles. The first-order valence-corrected chi connectivity index (χ1v) is 10.3. The summed E-state index contributed by atoms with van der Waals surface area (Å²) in [5.74, 6) is 0.725. The highest BCUT2D eigenvalue weighted by Gasteiger charge is 2.57. The number of hydrogen-bond acceptors (Lipinski definition) is 8. The SMILES string of the molecule is COC1C2CCOC2[NH2+]C2C1CCC(O[C@@H]1O[C@@H](C)[C@@H](O)[C@@H](O)[C@H]1O)C2OC. The fraction of sp³-hybridized carbons (Fsp3) is 1.00. The molecule has 1 aliphatic carbocycles. The lowest BCUT2D eigenvalue weighted by atomic mass is 9.70. The molecule has 0 aromatic rings. The fourth-order valence-electron chi connectivity index (χ4n) is 5.66. The van der Waals surface area contributed by atoms with Gasteiger partial charge in [0.05, 0.1) is 30.8 Å². The van der Waals surface area contributed by atoms with E-state index in [0.29, 0.717) is 11.8 Å². The predicted octanol–water partition coefficient (Wildman–Crippen LogP) is -2.05. The second-order valence-electron chi connectivity index (χ2n) is 8.56. The van der Waals surface area contributed by atoms with Gasteiger partial charge in [-0.2, -0.15) is 0 Å². The summed E-state index contributed by atoms with van der Waals surface area (Å²) in [4.78, 5) is 0. The topological polar surface area (TPSA) is 123 Å². The Labute approximate surface area is 165 Å². The van der Waals surface area contributed by atoms with Crippen molar-refractivity contribution in [2.45, 2.75) is 87.5 Å². The summed E-state index contributed by atoms with van der Waals surface area (Å²) in [6.07, 6.45) is -3.06. The van der Waals surface area contributed by atoms with Crippen LogP contribution in [0.1, 0.15) is 26.2 Å². The van der Waals surface area contributed by atoms with E-state index in [4.69, 9.17) is 23.7 Å². The normalized spacial score (nSPS) is 54.2. The van der Waals surface area contributed by atoms with Gasteiger partial charge < -0.3 is 44.3 Å². The van der Waals surface area contributed by atoms with Crippen LogP contribution in [0.3, 0.4) is 0 Å². The van der Waals surface area contributed by atoms with Gasteiger partial charge >= 0.3 is 0 Å². The van der Waals surface area contributed by atoms with Crippen LogP contribution in [0, 0.1) is 11.8 Å². The number of aliphatic hydroxyl groups is 3. The largest absolute Gasteiger partial charge is 0.388 e. The third-order valence-electron chi connectivity index (χ3n) is 7.13. The number of hydrogen-bond donors (Lipinski definition) is 4. The number of nitrogens with two attached hydrogens (primary N) is 1. The molecule has 0 radical (unpaired) electrons. The zero-order valence-electron chi connectivity index (χ0n) is 16.7. The van der Waals surface area contributed by atoms with Crippen LogP contribution in [0.5, 0.6) is 0 Å². The molecule has 7 unspecified atom stereocenters. The molecule has 5 N–H and O–H groups in total. The van der Waals surface area contributed by atoms with Gasteiger partial charge in [0, 0.05) is 20.1 Å². The monoisotopic (exact) mass is 404 g/mol. The maximum absolute atomic E-state index is 10.3. The summed E-state index contributed by atoms with van der Waals surface area (Å²) in [5, 5.41) is 32.5. The van der Waals surface area contributed by atoms with Gasteiger partial charge in [-0.05, 0) is 26.2 Å². The molecule has 12 atom stereocenters. The van der Waals surface area contributed by atoms with Crippen molar-refractivity contribution >= 4 is 0 Å². The van der Waals surface area contributed by atoms with Crippen molar-refractivity contribution in [1.82, 2.24) is 0 Å². The quantitative estimate of drug-likeness (QED) is 0.422. The van der Waals surface area contributed by atoms with E-state index in [1.54, 1.807) is 21.1 Å². The molecule has 1 saturated carbocycles. The van der Waals surface area contributed by atoms with E-state index < -0.39 is 30.7 Å². The first-order chi connectivity index (χ1) is 13.5. The molecule has 4 rings (SSSR count). The lowest BCUT2D eigenvalue weighted by molar-refractivity contribution is -0.783. The Morgan fingerprint density at radius 3 is 2.36 bits per heavy atom. The average Bonchev–Trinajstić information content (AvgIpc) is 3.16. The zero-order chi connectivity index (χ0) is 20.0. The Bertz CT molecular complexity index is 538. The number of ether oxygens (including phenoxy) is 5. The summed E-state index contributed by atoms with van der Waals surface area (Å²) in [5.41, 5.74) is 0. The lowest BCUT2D eigenvalue weighted by Gasteiger charge is -2.49. The molecule has 0 amide bonds. The van der Waals surface area contributed by atoms with Gasteiger partial charge in [0.25, 0.3) is 0 Å². The molecular weight excluding hydrogens is 370 g/mol. The number of quaternary nitrogens is 1. The van der Waals surface area contributed by atoms with Gasteiger partial charge in [-0.15, -0.1) is 0 Å². The highest BCUT2D eigenvalue weighted by atomic mass is 16.7. The molecule has 3 heterocycles. The van der Waals surface area contributed by atoms with Crippen molar-refractivity contribution in [2.75, 3.05) is 20.8 Å². The van der Waals surface area contributed by atoms with E-state index in [0.717, 1.165) is 25.9 Å². The Balaban J connectivity index is 1.48. The minimum Gasteiger partial charge on any atom is -0.388 e. The zero-order valence-corrected chi connectivity index (χ0v) is 16.7. The van der Waals surface area contributed by atoms with Crippen molar-refractivity contribution in [3.8, 4) is 0 Å². The van der Waals surface area contributed by atoms with Crippen molar-refractivity contribution < 1.29 is 44.3 Å². The van der Waals surface area contributed by atoms with Gasteiger partial charge in [-0.1, -0.05) is 0 Å². The molecule has 28 heavy (non-hydrogen) atoms. The maximum atomic E-state index is 10.3. The van der Waals surface area contributed by atoms with Gasteiger partial charge in [0.15, 0.2) is 12.5 Å². The highest BCUT2D eigenvalue weighted by molar-refractivity contribution is 4.99. The number of piperidine rings is 1. The van der Waals surface area contributed by atoms with Crippen molar-refractivity contribution in [2.24, 2.45) is 11.8 Å². The molecule has 162 valence electrons. The molecule has 0 spiro atoms. The van der Waals surface area contributed by atoms with E-state index in [2.05, 4.69) is 5.32 Å². The predicted molar refractivity (Wildman–Crippen MR) is 95.1 cm³/mol. The average molecular weight is 404 g/mol. The number of aliphatic hydroxyl groups excluding tert-OH is 3. The van der Waals surface area contributed by atoms with Crippen LogP contribution in [-0.4, -0.2) is 97.4 Å². The van der Waals surface area contributed by atoms with Crippen LogP contribution in [0.25, 0.3) is 0 Å². The molecule has 3 saturated heterocycles.